The van der Waals surface area contributed by atoms with E-state index >= 15 is 0 Å². The standard InChI is InChI=1S/C17H14FNO6S/c18-12-3-7-14(8-4-12)26(22,23)19-13-5-1-11(2-6-13)16(20)25-15-9-10-24-17(15)21/h1-8,15,19H,9-10H2/t15-/m0/s1. The van der Waals surface area contributed by atoms with Crippen molar-refractivity contribution in [3.8, 4) is 0 Å². The van der Waals surface area contributed by atoms with Crippen LogP contribution < -0.4 is 4.72 Å². The molecule has 1 fully saturated rings. The zero-order valence-electron chi connectivity index (χ0n) is 13.3. The van der Waals surface area contributed by atoms with Crippen molar-refractivity contribution >= 4 is 27.6 Å². The van der Waals surface area contributed by atoms with Crippen molar-refractivity contribution in [1.82, 2.24) is 0 Å². The van der Waals surface area contributed by atoms with Gasteiger partial charge in [0.1, 0.15) is 5.82 Å². The second-order valence-corrected chi connectivity index (χ2v) is 7.17. The molecule has 0 amide bonds. The molecule has 1 heterocycles. The van der Waals surface area contributed by atoms with E-state index in [-0.39, 0.29) is 22.8 Å². The Hall–Kier alpha value is -2.94. The van der Waals surface area contributed by atoms with Crippen LogP contribution in [0, 0.1) is 5.82 Å². The Balaban J connectivity index is 1.68. The van der Waals surface area contributed by atoms with Crippen LogP contribution in [-0.4, -0.2) is 33.1 Å². The first-order valence-electron chi connectivity index (χ1n) is 7.61. The van der Waals surface area contributed by atoms with Crippen molar-refractivity contribution in [3.05, 3.63) is 59.9 Å². The van der Waals surface area contributed by atoms with E-state index in [9.17, 15) is 22.4 Å². The second kappa shape index (κ2) is 7.12. The molecule has 0 radical (unpaired) electrons. The Labute approximate surface area is 148 Å². The lowest BCUT2D eigenvalue weighted by Crippen LogP contribution is -2.22. The van der Waals surface area contributed by atoms with Crippen molar-refractivity contribution in [2.75, 3.05) is 11.3 Å². The zero-order valence-corrected chi connectivity index (χ0v) is 14.2. The van der Waals surface area contributed by atoms with Gasteiger partial charge in [-0.05, 0) is 48.5 Å². The largest absolute Gasteiger partial charge is 0.463 e. The number of halogens is 1. The van der Waals surface area contributed by atoms with E-state index in [1.54, 1.807) is 0 Å². The molecule has 1 aliphatic heterocycles. The van der Waals surface area contributed by atoms with E-state index in [2.05, 4.69) is 4.72 Å². The van der Waals surface area contributed by atoms with Gasteiger partial charge in [0.15, 0.2) is 0 Å². The Morgan fingerprint density at radius 1 is 1.12 bits per heavy atom. The number of carbonyl (C=O) groups is 2. The fourth-order valence-corrected chi connectivity index (χ4v) is 3.34. The normalized spacial score (nSPS) is 16.8. The number of carbonyl (C=O) groups excluding carboxylic acids is 2. The summed E-state index contributed by atoms with van der Waals surface area (Å²) in [6.45, 7) is 0.209. The number of rotatable bonds is 5. The smallest absolute Gasteiger partial charge is 0.347 e. The summed E-state index contributed by atoms with van der Waals surface area (Å²) in [4.78, 5) is 23.2. The molecular formula is C17H14FNO6S. The number of benzene rings is 2. The van der Waals surface area contributed by atoms with E-state index < -0.39 is 33.9 Å². The summed E-state index contributed by atoms with van der Waals surface area (Å²) >= 11 is 0. The Morgan fingerprint density at radius 2 is 1.77 bits per heavy atom. The molecule has 26 heavy (non-hydrogen) atoms. The molecule has 9 heteroatoms. The van der Waals surface area contributed by atoms with Crippen LogP contribution in [0.1, 0.15) is 16.8 Å². The average molecular weight is 379 g/mol. The number of cyclic esters (lactones) is 1. The highest BCUT2D eigenvalue weighted by Crippen LogP contribution is 2.18. The highest BCUT2D eigenvalue weighted by molar-refractivity contribution is 7.92. The van der Waals surface area contributed by atoms with Crippen LogP contribution >= 0.6 is 0 Å². The molecule has 1 N–H and O–H groups in total. The fraction of sp³-hybridized carbons (Fsp3) is 0.176. The van der Waals surface area contributed by atoms with E-state index in [4.69, 9.17) is 9.47 Å². The third-order valence-electron chi connectivity index (χ3n) is 3.63. The maximum atomic E-state index is 12.9. The topological polar surface area (TPSA) is 98.8 Å². The molecule has 0 saturated carbocycles. The molecule has 0 bridgehead atoms. The Morgan fingerprint density at radius 3 is 2.35 bits per heavy atom. The molecule has 3 rings (SSSR count). The van der Waals surface area contributed by atoms with Crippen LogP contribution in [0.3, 0.4) is 0 Å². The maximum absolute atomic E-state index is 12.9. The number of nitrogens with one attached hydrogen (secondary N) is 1. The van der Waals surface area contributed by atoms with Gasteiger partial charge in [0, 0.05) is 12.1 Å². The third kappa shape index (κ3) is 3.99. The molecule has 0 aromatic heterocycles. The minimum Gasteiger partial charge on any atom is -0.463 e. The van der Waals surface area contributed by atoms with E-state index in [1.165, 1.54) is 24.3 Å². The first-order chi connectivity index (χ1) is 12.3. The number of anilines is 1. The van der Waals surface area contributed by atoms with Crippen molar-refractivity contribution < 1.29 is 31.9 Å². The summed E-state index contributed by atoms with van der Waals surface area (Å²) < 4.78 is 49.4. The lowest BCUT2D eigenvalue weighted by Gasteiger charge is -2.10. The molecule has 0 aliphatic carbocycles. The molecule has 2 aromatic carbocycles. The number of ether oxygens (including phenoxy) is 2. The van der Waals surface area contributed by atoms with E-state index in [0.717, 1.165) is 24.3 Å². The van der Waals surface area contributed by atoms with Gasteiger partial charge in [-0.25, -0.2) is 22.4 Å². The molecule has 7 nitrogen and oxygen atoms in total. The van der Waals surface area contributed by atoms with Gasteiger partial charge in [-0.15, -0.1) is 0 Å². The molecule has 1 saturated heterocycles. The SMILES string of the molecule is O=C(O[C@H]1CCOC1=O)c1ccc(NS(=O)(=O)c2ccc(F)cc2)cc1. The van der Waals surface area contributed by atoms with Gasteiger partial charge in [-0.2, -0.15) is 0 Å². The predicted octanol–water partition coefficient (Wildman–Crippen LogP) is 2.10. The minimum absolute atomic E-state index is 0.0952. The summed E-state index contributed by atoms with van der Waals surface area (Å²) in [5.74, 6) is -1.83. The van der Waals surface area contributed by atoms with Crippen molar-refractivity contribution in [1.29, 1.82) is 0 Å². The van der Waals surface area contributed by atoms with Crippen molar-refractivity contribution in [2.24, 2.45) is 0 Å². The number of hydrogen-bond donors (Lipinski definition) is 1. The Kier molecular flexibility index (Phi) is 4.90. The lowest BCUT2D eigenvalue weighted by molar-refractivity contribution is -0.145. The second-order valence-electron chi connectivity index (χ2n) is 5.49. The molecule has 136 valence electrons. The van der Waals surface area contributed by atoms with Crippen LogP contribution in [0.5, 0.6) is 0 Å². The monoisotopic (exact) mass is 379 g/mol. The van der Waals surface area contributed by atoms with Gasteiger partial charge in [0.25, 0.3) is 10.0 Å². The van der Waals surface area contributed by atoms with Crippen molar-refractivity contribution in [3.63, 3.8) is 0 Å². The van der Waals surface area contributed by atoms with Gasteiger partial charge in [-0.1, -0.05) is 0 Å². The summed E-state index contributed by atoms with van der Waals surface area (Å²) in [6.07, 6.45) is -0.612. The van der Waals surface area contributed by atoms with Crippen LogP contribution in [0.2, 0.25) is 0 Å². The van der Waals surface area contributed by atoms with Crippen LogP contribution in [0.25, 0.3) is 0 Å². The fourth-order valence-electron chi connectivity index (χ4n) is 2.28. The van der Waals surface area contributed by atoms with Gasteiger partial charge in [0.05, 0.1) is 17.1 Å². The molecule has 0 spiro atoms. The van der Waals surface area contributed by atoms with Crippen LogP contribution in [0.4, 0.5) is 10.1 Å². The van der Waals surface area contributed by atoms with Crippen LogP contribution in [-0.2, 0) is 24.3 Å². The highest BCUT2D eigenvalue weighted by Gasteiger charge is 2.30. The first-order valence-corrected chi connectivity index (χ1v) is 9.09. The molecule has 1 aliphatic rings. The maximum Gasteiger partial charge on any atom is 0.347 e. The van der Waals surface area contributed by atoms with Gasteiger partial charge >= 0.3 is 11.9 Å². The third-order valence-corrected chi connectivity index (χ3v) is 5.03. The molecule has 2 aromatic rings. The summed E-state index contributed by atoms with van der Waals surface area (Å²) in [5.41, 5.74) is 0.376. The summed E-state index contributed by atoms with van der Waals surface area (Å²) in [6, 6.07) is 9.86. The zero-order chi connectivity index (χ0) is 18.7. The quantitative estimate of drug-likeness (QED) is 0.799. The van der Waals surface area contributed by atoms with Gasteiger partial charge < -0.3 is 9.47 Å². The average Bonchev–Trinajstić information content (AvgIpc) is 3.00. The Bertz CT molecular complexity index is 925. The molecule has 0 unspecified atom stereocenters. The van der Waals surface area contributed by atoms with Crippen LogP contribution in [0.15, 0.2) is 53.4 Å². The highest BCUT2D eigenvalue weighted by atomic mass is 32.2. The summed E-state index contributed by atoms with van der Waals surface area (Å²) in [5, 5.41) is 0. The number of sulfonamides is 1. The number of esters is 2. The minimum atomic E-state index is -3.88. The van der Waals surface area contributed by atoms with E-state index in [1.807, 2.05) is 0 Å². The van der Waals surface area contributed by atoms with Crippen molar-refractivity contribution in [2.45, 2.75) is 17.4 Å². The van der Waals surface area contributed by atoms with Gasteiger partial charge in [0.2, 0.25) is 6.10 Å². The molecule has 1 atom stereocenters. The lowest BCUT2D eigenvalue weighted by atomic mass is 10.2. The number of hydrogen-bond acceptors (Lipinski definition) is 6. The van der Waals surface area contributed by atoms with Gasteiger partial charge in [-0.3, -0.25) is 4.72 Å². The first kappa shape index (κ1) is 17.9. The predicted molar refractivity (Wildman–Crippen MR) is 88.4 cm³/mol. The van der Waals surface area contributed by atoms with E-state index in [0.29, 0.717) is 6.42 Å². The molecular weight excluding hydrogens is 365 g/mol. The summed E-state index contributed by atoms with van der Waals surface area (Å²) in [7, 11) is -3.88.